The minimum atomic E-state index is 0.557. The molecule has 3 aliphatic rings. The summed E-state index contributed by atoms with van der Waals surface area (Å²) in [5.74, 6) is 4.85. The normalized spacial score (nSPS) is 37.8. The van der Waals surface area contributed by atoms with Gasteiger partial charge >= 0.3 is 0 Å². The Balaban J connectivity index is 1.68. The molecule has 0 amide bonds. The topological polar surface area (TPSA) is 0 Å². The van der Waals surface area contributed by atoms with E-state index in [2.05, 4.69) is 60.3 Å². The molecule has 0 aliphatic heterocycles. The van der Waals surface area contributed by atoms with E-state index in [4.69, 9.17) is 0 Å². The van der Waals surface area contributed by atoms with E-state index in [-0.39, 0.29) is 0 Å². The van der Waals surface area contributed by atoms with Gasteiger partial charge in [0.05, 0.1) is 0 Å². The van der Waals surface area contributed by atoms with Crippen LogP contribution in [-0.4, -0.2) is 0 Å². The Hall–Kier alpha value is -0.780. The first-order chi connectivity index (χ1) is 13.7. The van der Waals surface area contributed by atoms with E-state index in [0.29, 0.717) is 17.3 Å². The zero-order valence-corrected chi connectivity index (χ0v) is 20.4. The zero-order valence-electron chi connectivity index (χ0n) is 20.4. The molecule has 0 nitrogen and oxygen atoms in total. The lowest BCUT2D eigenvalue weighted by Crippen LogP contribution is -2.36. The summed E-state index contributed by atoms with van der Waals surface area (Å²) in [5, 5.41) is 0. The fourth-order valence-electron chi connectivity index (χ4n) is 7.24. The summed E-state index contributed by atoms with van der Waals surface area (Å²) in [6.45, 7) is 19.0. The third-order valence-corrected chi connectivity index (χ3v) is 9.10. The van der Waals surface area contributed by atoms with Crippen molar-refractivity contribution in [2.45, 2.75) is 106 Å². The Morgan fingerprint density at radius 3 is 2.38 bits per heavy atom. The van der Waals surface area contributed by atoms with E-state index in [0.717, 1.165) is 23.7 Å². The van der Waals surface area contributed by atoms with Crippen LogP contribution in [0.15, 0.2) is 35.5 Å². The first-order valence-electron chi connectivity index (χ1n) is 12.8. The van der Waals surface area contributed by atoms with E-state index >= 15 is 0 Å². The molecule has 29 heavy (non-hydrogen) atoms. The van der Waals surface area contributed by atoms with Crippen molar-refractivity contribution in [3.63, 3.8) is 0 Å². The van der Waals surface area contributed by atoms with Gasteiger partial charge in [0.25, 0.3) is 0 Å². The summed E-state index contributed by atoms with van der Waals surface area (Å²) in [5.41, 5.74) is 5.47. The van der Waals surface area contributed by atoms with Crippen LogP contribution in [0.5, 0.6) is 0 Å². The second kappa shape index (κ2) is 9.57. The highest BCUT2D eigenvalue weighted by molar-refractivity contribution is 5.28. The van der Waals surface area contributed by atoms with Crippen molar-refractivity contribution in [2.24, 2.45) is 40.9 Å². The Bertz CT molecular complexity index is 616. The van der Waals surface area contributed by atoms with Gasteiger partial charge in [-0.15, -0.1) is 0 Å². The molecule has 0 heterocycles. The van der Waals surface area contributed by atoms with Crippen LogP contribution in [0.25, 0.3) is 0 Å². The molecule has 3 fully saturated rings. The average molecular weight is 397 g/mol. The van der Waals surface area contributed by atoms with E-state index < -0.39 is 0 Å². The maximum absolute atomic E-state index is 4.33. The molecule has 164 valence electrons. The highest BCUT2D eigenvalue weighted by atomic mass is 14.5. The van der Waals surface area contributed by atoms with Crippen LogP contribution in [0.1, 0.15) is 106 Å². The van der Waals surface area contributed by atoms with Crippen molar-refractivity contribution in [3.8, 4) is 0 Å². The average Bonchev–Trinajstić information content (AvgIpc) is 3.01. The number of hydrogen-bond donors (Lipinski definition) is 0. The van der Waals surface area contributed by atoms with Gasteiger partial charge in [-0.05, 0) is 85.9 Å². The van der Waals surface area contributed by atoms with Gasteiger partial charge in [-0.1, -0.05) is 96.3 Å². The molecule has 3 rings (SSSR count). The van der Waals surface area contributed by atoms with Crippen LogP contribution in [0.2, 0.25) is 0 Å². The Labute approximate surface area is 182 Å². The van der Waals surface area contributed by atoms with E-state index in [1.807, 2.05) is 0 Å². The van der Waals surface area contributed by atoms with Crippen molar-refractivity contribution in [2.75, 3.05) is 0 Å². The van der Waals surface area contributed by atoms with Gasteiger partial charge in [0.2, 0.25) is 0 Å². The Kier molecular flexibility index (Phi) is 7.56. The number of allylic oxidation sites excluding steroid dienone is 5. The summed E-state index contributed by atoms with van der Waals surface area (Å²) in [4.78, 5) is 0. The molecular weight excluding hydrogens is 348 g/mol. The molecular formula is C29H48. The second-order valence-electron chi connectivity index (χ2n) is 11.7. The van der Waals surface area contributed by atoms with E-state index in [1.165, 1.54) is 69.8 Å². The largest absolute Gasteiger partial charge is 0.0993 e. The zero-order chi connectivity index (χ0) is 21.2. The molecule has 0 aromatic heterocycles. The monoisotopic (exact) mass is 396 g/mol. The standard InChI is InChI=1S/C29H48/c1-20(2)10-8-11-21(3)27-15-16-28-26(12-9-17-29(27,28)7)14-13-25-18-22(4)24(6)23(5)19-25/h13-14,20-23,27-28H,6,8-12,15-19H2,1-5,7H3/b25-13?,26-14+. The summed E-state index contributed by atoms with van der Waals surface area (Å²) in [6.07, 6.45) is 18.9. The number of hydrogen-bond acceptors (Lipinski definition) is 0. The SMILES string of the molecule is C=C1C(C)CC(=C/C=C2\CCCC3(C)C2CCC3C(C)CCCC(C)C)CC1C. The fraction of sp³-hybridized carbons (Fsp3) is 0.793. The van der Waals surface area contributed by atoms with Gasteiger partial charge in [0.1, 0.15) is 0 Å². The quantitative estimate of drug-likeness (QED) is 0.392. The third kappa shape index (κ3) is 5.11. The maximum atomic E-state index is 4.33. The molecule has 3 saturated carbocycles. The van der Waals surface area contributed by atoms with Crippen LogP contribution in [0.3, 0.4) is 0 Å². The van der Waals surface area contributed by atoms with E-state index in [1.54, 1.807) is 11.1 Å². The smallest absolute Gasteiger partial charge is 0.0143 e. The molecule has 0 aromatic rings. The Morgan fingerprint density at radius 1 is 1.03 bits per heavy atom. The predicted molar refractivity (Wildman–Crippen MR) is 129 cm³/mol. The predicted octanol–water partition coefficient (Wildman–Crippen LogP) is 9.14. The molecule has 3 aliphatic carbocycles. The molecule has 6 unspecified atom stereocenters. The van der Waals surface area contributed by atoms with Gasteiger partial charge in [-0.25, -0.2) is 0 Å². The lowest BCUT2D eigenvalue weighted by Gasteiger charge is -2.44. The first kappa shape index (κ1) is 22.9. The fourth-order valence-corrected chi connectivity index (χ4v) is 7.24. The van der Waals surface area contributed by atoms with Gasteiger partial charge in [0, 0.05) is 0 Å². The summed E-state index contributed by atoms with van der Waals surface area (Å²) in [7, 11) is 0. The van der Waals surface area contributed by atoms with Gasteiger partial charge < -0.3 is 0 Å². The van der Waals surface area contributed by atoms with Gasteiger partial charge in [-0.3, -0.25) is 0 Å². The highest BCUT2D eigenvalue weighted by Crippen LogP contribution is 2.60. The Morgan fingerprint density at radius 2 is 1.72 bits per heavy atom. The number of rotatable bonds is 6. The van der Waals surface area contributed by atoms with E-state index in [9.17, 15) is 0 Å². The molecule has 0 radical (unpaired) electrons. The molecule has 0 bridgehead atoms. The minimum Gasteiger partial charge on any atom is -0.0993 e. The number of fused-ring (bicyclic) bond motifs is 1. The maximum Gasteiger partial charge on any atom is -0.0143 e. The first-order valence-corrected chi connectivity index (χ1v) is 12.8. The molecule has 0 heteroatoms. The van der Waals surface area contributed by atoms with Crippen LogP contribution < -0.4 is 0 Å². The van der Waals surface area contributed by atoms with Crippen LogP contribution in [-0.2, 0) is 0 Å². The van der Waals surface area contributed by atoms with Crippen LogP contribution >= 0.6 is 0 Å². The van der Waals surface area contributed by atoms with Gasteiger partial charge in [0.15, 0.2) is 0 Å². The molecule has 0 spiro atoms. The summed E-state index contributed by atoms with van der Waals surface area (Å²) >= 11 is 0. The summed E-state index contributed by atoms with van der Waals surface area (Å²) < 4.78 is 0. The summed E-state index contributed by atoms with van der Waals surface area (Å²) in [6, 6.07) is 0. The highest BCUT2D eigenvalue weighted by Gasteiger charge is 2.50. The van der Waals surface area contributed by atoms with Crippen molar-refractivity contribution >= 4 is 0 Å². The molecule has 6 atom stereocenters. The minimum absolute atomic E-state index is 0.557. The van der Waals surface area contributed by atoms with Crippen molar-refractivity contribution < 1.29 is 0 Å². The van der Waals surface area contributed by atoms with Crippen LogP contribution in [0, 0.1) is 40.9 Å². The van der Waals surface area contributed by atoms with Crippen molar-refractivity contribution in [3.05, 3.63) is 35.5 Å². The molecule has 0 saturated heterocycles. The van der Waals surface area contributed by atoms with Crippen LogP contribution in [0.4, 0.5) is 0 Å². The third-order valence-electron chi connectivity index (χ3n) is 9.10. The lowest BCUT2D eigenvalue weighted by atomic mass is 9.60. The molecule has 0 N–H and O–H groups in total. The lowest BCUT2D eigenvalue weighted by molar-refractivity contribution is 0.0929. The van der Waals surface area contributed by atoms with Gasteiger partial charge in [-0.2, -0.15) is 0 Å². The van der Waals surface area contributed by atoms with Crippen molar-refractivity contribution in [1.29, 1.82) is 0 Å². The van der Waals surface area contributed by atoms with Crippen molar-refractivity contribution in [1.82, 2.24) is 0 Å². The molecule has 0 aromatic carbocycles. The second-order valence-corrected chi connectivity index (χ2v) is 11.7.